The Morgan fingerprint density at radius 1 is 0.867 bits per heavy atom. The van der Waals surface area contributed by atoms with Gasteiger partial charge in [0, 0.05) is 23.6 Å². The second-order valence-electron chi connectivity index (χ2n) is 6.49. The van der Waals surface area contributed by atoms with Crippen molar-refractivity contribution in [3.05, 3.63) is 47.2 Å². The molecule has 0 N–H and O–H groups in total. The summed E-state index contributed by atoms with van der Waals surface area (Å²) < 4.78 is 28.2. The zero-order chi connectivity index (χ0) is 22.0. The summed E-state index contributed by atoms with van der Waals surface area (Å²) >= 11 is 0. The molecule has 0 radical (unpaired) electrons. The van der Waals surface area contributed by atoms with Crippen LogP contribution in [0.25, 0.3) is 10.9 Å². The van der Waals surface area contributed by atoms with Crippen molar-refractivity contribution in [2.45, 2.75) is 6.92 Å². The van der Waals surface area contributed by atoms with E-state index >= 15 is 0 Å². The van der Waals surface area contributed by atoms with Crippen molar-refractivity contribution >= 4 is 22.8 Å². The normalized spacial score (nSPS) is 10.6. The fraction of sp³-hybridized carbons (Fsp3) is 0.273. The maximum atomic E-state index is 12.8. The Kier molecular flexibility index (Phi) is 5.86. The summed E-state index contributed by atoms with van der Waals surface area (Å²) in [5.74, 6) is 0.279. The molecule has 0 fully saturated rings. The first-order valence-corrected chi connectivity index (χ1v) is 9.05. The van der Waals surface area contributed by atoms with Crippen molar-refractivity contribution in [2.75, 3.05) is 28.4 Å². The van der Waals surface area contributed by atoms with E-state index in [2.05, 4.69) is 0 Å². The van der Waals surface area contributed by atoms with Crippen molar-refractivity contribution in [1.29, 1.82) is 0 Å². The van der Waals surface area contributed by atoms with E-state index in [4.69, 9.17) is 23.7 Å². The Morgan fingerprint density at radius 3 is 2.03 bits per heavy atom. The van der Waals surface area contributed by atoms with Crippen LogP contribution in [0.15, 0.2) is 30.3 Å². The smallest absolute Gasteiger partial charge is 0.343 e. The zero-order valence-electron chi connectivity index (χ0n) is 17.7. The lowest BCUT2D eigenvalue weighted by Gasteiger charge is -2.13. The molecule has 3 aromatic rings. The van der Waals surface area contributed by atoms with Gasteiger partial charge < -0.3 is 28.3 Å². The summed E-state index contributed by atoms with van der Waals surface area (Å²) in [5, 5.41) is 0.636. The molecule has 0 aliphatic carbocycles. The largest absolute Gasteiger partial charge is 0.493 e. The molecule has 1 aromatic heterocycles. The molecule has 0 spiro atoms. The minimum absolute atomic E-state index is 0.224. The van der Waals surface area contributed by atoms with Gasteiger partial charge in [0.15, 0.2) is 11.5 Å². The summed E-state index contributed by atoms with van der Waals surface area (Å²) in [6.45, 7) is 1.83. The molecule has 2 aromatic carbocycles. The van der Waals surface area contributed by atoms with Gasteiger partial charge in [0.1, 0.15) is 5.75 Å². The molecule has 0 bridgehead atoms. The lowest BCUT2D eigenvalue weighted by Crippen LogP contribution is -2.10. The summed E-state index contributed by atoms with van der Waals surface area (Å²) in [7, 11) is 7.59. The number of aromatic nitrogens is 1. The van der Waals surface area contributed by atoms with E-state index in [0.717, 1.165) is 11.2 Å². The van der Waals surface area contributed by atoms with Crippen LogP contribution in [0.1, 0.15) is 26.4 Å². The number of esters is 2. The number of ether oxygens (including phenoxy) is 5. The Hall–Kier alpha value is -3.68. The van der Waals surface area contributed by atoms with Gasteiger partial charge in [-0.25, -0.2) is 9.59 Å². The number of hydrogen-bond donors (Lipinski definition) is 0. The van der Waals surface area contributed by atoms with Crippen molar-refractivity contribution in [1.82, 2.24) is 4.57 Å². The average molecular weight is 413 g/mol. The van der Waals surface area contributed by atoms with Gasteiger partial charge in [-0.15, -0.1) is 0 Å². The van der Waals surface area contributed by atoms with Crippen LogP contribution in [0, 0.1) is 6.92 Å². The number of aryl methyl sites for hydroxylation is 1. The molecule has 0 atom stereocenters. The minimum Gasteiger partial charge on any atom is -0.493 e. The van der Waals surface area contributed by atoms with Crippen LogP contribution >= 0.6 is 0 Å². The third kappa shape index (κ3) is 3.52. The summed E-state index contributed by atoms with van der Waals surface area (Å²) in [5.41, 5.74) is 2.23. The Bertz CT molecular complexity index is 1110. The number of rotatable bonds is 6. The molecule has 0 aliphatic heterocycles. The number of nitrogens with zero attached hydrogens (tertiary/aromatic N) is 1. The first-order valence-electron chi connectivity index (χ1n) is 9.05. The van der Waals surface area contributed by atoms with Crippen molar-refractivity contribution in [3.8, 4) is 23.0 Å². The number of carbonyl (C=O) groups is 2. The third-order valence-corrected chi connectivity index (χ3v) is 4.96. The fourth-order valence-electron chi connectivity index (χ4n) is 3.34. The van der Waals surface area contributed by atoms with Gasteiger partial charge in [0.2, 0.25) is 5.75 Å². The molecule has 30 heavy (non-hydrogen) atoms. The van der Waals surface area contributed by atoms with Gasteiger partial charge in [0.05, 0.1) is 39.6 Å². The second-order valence-corrected chi connectivity index (χ2v) is 6.49. The molecule has 0 unspecified atom stereocenters. The molecular weight excluding hydrogens is 390 g/mol. The molecule has 3 rings (SSSR count). The SMILES string of the molecule is COC(=O)c1c(C)n(C)c2ccc(OC(=O)c3cc(OC)c(OC)c(OC)c3)cc12. The van der Waals surface area contributed by atoms with Gasteiger partial charge in [-0.1, -0.05) is 0 Å². The summed E-state index contributed by atoms with van der Waals surface area (Å²) in [6.07, 6.45) is 0. The predicted octanol–water partition coefficient (Wildman–Crippen LogP) is 3.52. The van der Waals surface area contributed by atoms with E-state index in [1.807, 2.05) is 18.5 Å². The maximum Gasteiger partial charge on any atom is 0.343 e. The van der Waals surface area contributed by atoms with Crippen LogP contribution < -0.4 is 18.9 Å². The molecule has 0 aliphatic rings. The van der Waals surface area contributed by atoms with Crippen LogP contribution in [0.5, 0.6) is 23.0 Å². The van der Waals surface area contributed by atoms with Gasteiger partial charge in [-0.05, 0) is 37.3 Å². The van der Waals surface area contributed by atoms with E-state index in [0.29, 0.717) is 28.2 Å². The van der Waals surface area contributed by atoms with E-state index in [9.17, 15) is 9.59 Å². The maximum absolute atomic E-state index is 12.8. The fourth-order valence-corrected chi connectivity index (χ4v) is 3.34. The van der Waals surface area contributed by atoms with Crippen LogP contribution in [0.2, 0.25) is 0 Å². The van der Waals surface area contributed by atoms with Gasteiger partial charge in [-0.2, -0.15) is 0 Å². The molecule has 8 nitrogen and oxygen atoms in total. The highest BCUT2D eigenvalue weighted by Crippen LogP contribution is 2.38. The predicted molar refractivity (Wildman–Crippen MR) is 110 cm³/mol. The van der Waals surface area contributed by atoms with Crippen LogP contribution in [-0.4, -0.2) is 44.9 Å². The molecule has 0 saturated heterocycles. The lowest BCUT2D eigenvalue weighted by molar-refractivity contribution is 0.0601. The highest BCUT2D eigenvalue weighted by molar-refractivity contribution is 6.06. The van der Waals surface area contributed by atoms with Crippen LogP contribution in [0.3, 0.4) is 0 Å². The van der Waals surface area contributed by atoms with Crippen molar-refractivity contribution in [2.24, 2.45) is 7.05 Å². The van der Waals surface area contributed by atoms with Crippen LogP contribution in [-0.2, 0) is 11.8 Å². The number of methoxy groups -OCH3 is 4. The molecule has 0 saturated carbocycles. The number of fused-ring (bicyclic) bond motifs is 1. The molecule has 0 amide bonds. The highest BCUT2D eigenvalue weighted by Gasteiger charge is 2.21. The standard InChI is InChI=1S/C22H23NO7/c1-12-19(22(25)29-6)15-11-14(7-8-16(15)23(12)2)30-21(24)13-9-17(26-3)20(28-5)18(10-13)27-4/h7-11H,1-6H3. The van der Waals surface area contributed by atoms with E-state index in [1.54, 1.807) is 18.2 Å². The quantitative estimate of drug-likeness (QED) is 0.451. The monoisotopic (exact) mass is 413 g/mol. The highest BCUT2D eigenvalue weighted by atomic mass is 16.5. The topological polar surface area (TPSA) is 85.2 Å². The number of carbonyl (C=O) groups excluding carboxylic acids is 2. The molecule has 8 heteroatoms. The summed E-state index contributed by atoms with van der Waals surface area (Å²) in [4.78, 5) is 25.0. The molecular formula is C22H23NO7. The van der Waals surface area contributed by atoms with E-state index in [1.165, 1.54) is 40.6 Å². The van der Waals surface area contributed by atoms with E-state index in [-0.39, 0.29) is 11.3 Å². The zero-order valence-corrected chi connectivity index (χ0v) is 17.7. The Balaban J connectivity index is 2.00. The second kappa shape index (κ2) is 8.36. The van der Waals surface area contributed by atoms with E-state index < -0.39 is 11.9 Å². The number of benzene rings is 2. The van der Waals surface area contributed by atoms with Gasteiger partial charge in [0.25, 0.3) is 0 Å². The minimum atomic E-state index is -0.610. The van der Waals surface area contributed by atoms with Crippen molar-refractivity contribution in [3.63, 3.8) is 0 Å². The number of hydrogen-bond acceptors (Lipinski definition) is 7. The van der Waals surface area contributed by atoms with Crippen LogP contribution in [0.4, 0.5) is 0 Å². The van der Waals surface area contributed by atoms with Gasteiger partial charge in [-0.3, -0.25) is 0 Å². The van der Waals surface area contributed by atoms with Gasteiger partial charge >= 0.3 is 11.9 Å². The van der Waals surface area contributed by atoms with Crippen molar-refractivity contribution < 1.29 is 33.3 Å². The third-order valence-electron chi connectivity index (χ3n) is 4.96. The Morgan fingerprint density at radius 2 is 1.50 bits per heavy atom. The first kappa shape index (κ1) is 21.0. The molecule has 158 valence electrons. The average Bonchev–Trinajstić information content (AvgIpc) is 3.01. The Labute approximate surface area is 173 Å². The molecule has 1 heterocycles. The first-order chi connectivity index (χ1) is 14.4. The lowest BCUT2D eigenvalue weighted by atomic mass is 10.1. The summed E-state index contributed by atoms with van der Waals surface area (Å²) in [6, 6.07) is 8.11.